The Hall–Kier alpha value is -0.730. The minimum atomic E-state index is 0.481. The van der Waals surface area contributed by atoms with E-state index in [2.05, 4.69) is 56.1 Å². The van der Waals surface area contributed by atoms with Crippen LogP contribution in [0.25, 0.3) is 0 Å². The Bertz CT molecular complexity index is 435. The Labute approximate surface area is 128 Å². The van der Waals surface area contributed by atoms with E-state index >= 15 is 0 Å². The first-order valence-electron chi connectivity index (χ1n) is 7.72. The maximum Gasteiger partial charge on any atom is 0.0471 e. The molecule has 0 spiro atoms. The Morgan fingerprint density at radius 1 is 1.25 bits per heavy atom. The van der Waals surface area contributed by atoms with Gasteiger partial charge in [0.1, 0.15) is 0 Å². The standard InChI is InChI=1S/C17H27ClN2/c1-12(2)19-9-15-5-6-16(8-17(15)18)20-10-13(3)7-14(4)11-20/h5-6,8,12-14,19H,7,9-11H2,1-4H3. The third kappa shape index (κ3) is 4.13. The monoisotopic (exact) mass is 294 g/mol. The Balaban J connectivity index is 2.08. The molecule has 2 atom stereocenters. The molecule has 0 saturated carbocycles. The third-order valence-electron chi connectivity index (χ3n) is 3.97. The van der Waals surface area contributed by atoms with E-state index in [1.165, 1.54) is 17.7 Å². The predicted octanol–water partition coefficient (Wildman–Crippen LogP) is 4.32. The van der Waals surface area contributed by atoms with Crippen molar-refractivity contribution in [1.82, 2.24) is 5.32 Å². The van der Waals surface area contributed by atoms with Crippen LogP contribution in [0, 0.1) is 11.8 Å². The molecule has 1 saturated heterocycles. The first-order chi connectivity index (χ1) is 9.45. The quantitative estimate of drug-likeness (QED) is 0.889. The maximum atomic E-state index is 6.44. The van der Waals surface area contributed by atoms with Crippen molar-refractivity contribution in [2.45, 2.75) is 46.7 Å². The Morgan fingerprint density at radius 2 is 1.90 bits per heavy atom. The van der Waals surface area contributed by atoms with E-state index in [-0.39, 0.29) is 0 Å². The highest BCUT2D eigenvalue weighted by Gasteiger charge is 2.22. The van der Waals surface area contributed by atoms with Gasteiger partial charge in [-0.3, -0.25) is 0 Å². The van der Waals surface area contributed by atoms with Crippen LogP contribution in [0.2, 0.25) is 5.02 Å². The molecule has 1 fully saturated rings. The van der Waals surface area contributed by atoms with Gasteiger partial charge in [-0.15, -0.1) is 0 Å². The number of halogens is 1. The summed E-state index contributed by atoms with van der Waals surface area (Å²) < 4.78 is 0. The number of rotatable bonds is 4. The highest BCUT2D eigenvalue weighted by molar-refractivity contribution is 6.31. The minimum absolute atomic E-state index is 0.481. The van der Waals surface area contributed by atoms with Crippen LogP contribution in [0.5, 0.6) is 0 Å². The van der Waals surface area contributed by atoms with Crippen molar-refractivity contribution in [3.8, 4) is 0 Å². The lowest BCUT2D eigenvalue weighted by molar-refractivity contribution is 0.357. The average molecular weight is 295 g/mol. The van der Waals surface area contributed by atoms with E-state index in [0.717, 1.165) is 36.5 Å². The lowest BCUT2D eigenvalue weighted by atomic mass is 9.91. The second kappa shape index (κ2) is 6.82. The van der Waals surface area contributed by atoms with Gasteiger partial charge in [0.05, 0.1) is 0 Å². The molecule has 2 nitrogen and oxygen atoms in total. The van der Waals surface area contributed by atoms with Crippen LogP contribution in [-0.2, 0) is 6.54 Å². The summed E-state index contributed by atoms with van der Waals surface area (Å²) >= 11 is 6.44. The van der Waals surface area contributed by atoms with Gasteiger partial charge in [0.15, 0.2) is 0 Å². The zero-order valence-electron chi connectivity index (χ0n) is 13.1. The van der Waals surface area contributed by atoms with E-state index in [1.807, 2.05) is 0 Å². The summed E-state index contributed by atoms with van der Waals surface area (Å²) in [5, 5.41) is 4.29. The number of hydrogen-bond donors (Lipinski definition) is 1. The second-order valence-electron chi connectivity index (χ2n) is 6.66. The number of hydrogen-bond acceptors (Lipinski definition) is 2. The molecule has 3 heteroatoms. The SMILES string of the molecule is CC1CC(C)CN(c2ccc(CNC(C)C)c(Cl)c2)C1. The van der Waals surface area contributed by atoms with Crippen LogP contribution >= 0.6 is 11.6 Å². The van der Waals surface area contributed by atoms with Gasteiger partial charge in [0.25, 0.3) is 0 Å². The number of anilines is 1. The van der Waals surface area contributed by atoms with Gasteiger partial charge in [0, 0.05) is 36.4 Å². The van der Waals surface area contributed by atoms with Crippen molar-refractivity contribution in [2.24, 2.45) is 11.8 Å². The number of piperidine rings is 1. The van der Waals surface area contributed by atoms with E-state index in [9.17, 15) is 0 Å². The summed E-state index contributed by atoms with van der Waals surface area (Å²) in [6.07, 6.45) is 1.33. The molecule has 0 radical (unpaired) electrons. The molecule has 0 amide bonds. The van der Waals surface area contributed by atoms with Crippen molar-refractivity contribution >= 4 is 17.3 Å². The zero-order chi connectivity index (χ0) is 14.7. The van der Waals surface area contributed by atoms with Gasteiger partial charge < -0.3 is 10.2 Å². The van der Waals surface area contributed by atoms with Gasteiger partial charge in [-0.1, -0.05) is 45.4 Å². The van der Waals surface area contributed by atoms with Crippen LogP contribution in [0.3, 0.4) is 0 Å². The fraction of sp³-hybridized carbons (Fsp3) is 0.647. The summed E-state index contributed by atoms with van der Waals surface area (Å²) in [5.74, 6) is 1.53. The fourth-order valence-corrected chi connectivity index (χ4v) is 3.31. The van der Waals surface area contributed by atoms with Crippen molar-refractivity contribution in [1.29, 1.82) is 0 Å². The van der Waals surface area contributed by atoms with Crippen molar-refractivity contribution < 1.29 is 0 Å². The van der Waals surface area contributed by atoms with Gasteiger partial charge in [-0.05, 0) is 36.0 Å². The molecular formula is C17H27ClN2. The highest BCUT2D eigenvalue weighted by Crippen LogP contribution is 2.29. The number of nitrogens with zero attached hydrogens (tertiary/aromatic N) is 1. The van der Waals surface area contributed by atoms with Gasteiger partial charge >= 0.3 is 0 Å². The molecule has 1 aliphatic rings. The molecule has 0 bridgehead atoms. The van der Waals surface area contributed by atoms with E-state index in [4.69, 9.17) is 11.6 Å². The van der Waals surface area contributed by atoms with Crippen LogP contribution in [0.4, 0.5) is 5.69 Å². The van der Waals surface area contributed by atoms with Gasteiger partial charge in [0.2, 0.25) is 0 Å². The largest absolute Gasteiger partial charge is 0.371 e. The number of benzene rings is 1. The van der Waals surface area contributed by atoms with Crippen LogP contribution in [-0.4, -0.2) is 19.1 Å². The summed E-state index contributed by atoms with van der Waals surface area (Å²) in [7, 11) is 0. The Kier molecular flexibility index (Phi) is 5.34. The molecule has 2 unspecified atom stereocenters. The smallest absolute Gasteiger partial charge is 0.0471 e. The molecule has 2 rings (SSSR count). The summed E-state index contributed by atoms with van der Waals surface area (Å²) in [5.41, 5.74) is 2.45. The topological polar surface area (TPSA) is 15.3 Å². The minimum Gasteiger partial charge on any atom is -0.371 e. The summed E-state index contributed by atoms with van der Waals surface area (Å²) in [6, 6.07) is 6.99. The van der Waals surface area contributed by atoms with E-state index in [0.29, 0.717) is 6.04 Å². The second-order valence-corrected chi connectivity index (χ2v) is 7.07. The molecule has 1 heterocycles. The molecule has 112 valence electrons. The molecular weight excluding hydrogens is 268 g/mol. The molecule has 20 heavy (non-hydrogen) atoms. The Morgan fingerprint density at radius 3 is 2.45 bits per heavy atom. The molecule has 1 aromatic rings. The lowest BCUT2D eigenvalue weighted by Crippen LogP contribution is -2.38. The molecule has 1 aromatic carbocycles. The van der Waals surface area contributed by atoms with Crippen LogP contribution in [0.1, 0.15) is 39.7 Å². The van der Waals surface area contributed by atoms with Crippen LogP contribution < -0.4 is 10.2 Å². The average Bonchev–Trinajstić information content (AvgIpc) is 2.35. The first-order valence-corrected chi connectivity index (χ1v) is 8.10. The van der Waals surface area contributed by atoms with Gasteiger partial charge in [-0.25, -0.2) is 0 Å². The number of nitrogens with one attached hydrogen (secondary N) is 1. The first kappa shape index (κ1) is 15.7. The predicted molar refractivity (Wildman–Crippen MR) is 88.6 cm³/mol. The van der Waals surface area contributed by atoms with Crippen LogP contribution in [0.15, 0.2) is 18.2 Å². The third-order valence-corrected chi connectivity index (χ3v) is 4.32. The summed E-state index contributed by atoms with van der Waals surface area (Å²) in [4.78, 5) is 2.48. The van der Waals surface area contributed by atoms with Crippen molar-refractivity contribution in [3.05, 3.63) is 28.8 Å². The van der Waals surface area contributed by atoms with Crippen molar-refractivity contribution in [3.63, 3.8) is 0 Å². The molecule has 0 aromatic heterocycles. The fourth-order valence-electron chi connectivity index (χ4n) is 3.06. The normalized spacial score (nSPS) is 23.4. The van der Waals surface area contributed by atoms with E-state index < -0.39 is 0 Å². The highest BCUT2D eigenvalue weighted by atomic mass is 35.5. The van der Waals surface area contributed by atoms with Crippen molar-refractivity contribution in [2.75, 3.05) is 18.0 Å². The van der Waals surface area contributed by atoms with E-state index in [1.54, 1.807) is 0 Å². The summed E-state index contributed by atoms with van der Waals surface area (Å²) in [6.45, 7) is 12.1. The molecule has 1 aliphatic heterocycles. The molecule has 1 N–H and O–H groups in total. The van der Waals surface area contributed by atoms with Gasteiger partial charge in [-0.2, -0.15) is 0 Å². The zero-order valence-corrected chi connectivity index (χ0v) is 13.9. The lowest BCUT2D eigenvalue weighted by Gasteiger charge is -2.36. The maximum absolute atomic E-state index is 6.44. The molecule has 0 aliphatic carbocycles.